The molecule has 0 saturated carbocycles. The number of hydrogen-bond acceptors (Lipinski definition) is 6. The van der Waals surface area contributed by atoms with Crippen LogP contribution in [0.5, 0.6) is 0 Å². The van der Waals surface area contributed by atoms with Gasteiger partial charge < -0.3 is 14.7 Å². The highest BCUT2D eigenvalue weighted by Crippen LogP contribution is 2.29. The van der Waals surface area contributed by atoms with Crippen LogP contribution in [0.3, 0.4) is 0 Å². The van der Waals surface area contributed by atoms with E-state index in [9.17, 15) is 19.7 Å². The van der Waals surface area contributed by atoms with Crippen LogP contribution in [0.15, 0.2) is 42.5 Å². The van der Waals surface area contributed by atoms with Crippen molar-refractivity contribution in [3.05, 3.63) is 69.3 Å². The van der Waals surface area contributed by atoms with Gasteiger partial charge in [-0.05, 0) is 45.1 Å². The molecule has 1 saturated heterocycles. The lowest BCUT2D eigenvalue weighted by molar-refractivity contribution is -0.384. The number of nitro groups is 1. The quantitative estimate of drug-likeness (QED) is 0.402. The molecule has 1 aliphatic heterocycles. The van der Waals surface area contributed by atoms with E-state index in [-0.39, 0.29) is 28.8 Å². The Labute approximate surface area is 182 Å². The third-order valence-corrected chi connectivity index (χ3v) is 5.73. The molecule has 164 valence electrons. The van der Waals surface area contributed by atoms with E-state index in [1.807, 2.05) is 14.1 Å². The zero-order valence-electron chi connectivity index (χ0n) is 18.4. The number of ketones is 1. The molecule has 8 nitrogen and oxygen atoms in total. The third-order valence-electron chi connectivity index (χ3n) is 5.73. The molecule has 0 aromatic heterocycles. The van der Waals surface area contributed by atoms with Crippen molar-refractivity contribution in [1.82, 2.24) is 9.80 Å². The van der Waals surface area contributed by atoms with Crippen molar-refractivity contribution in [3.8, 4) is 0 Å². The summed E-state index contributed by atoms with van der Waals surface area (Å²) < 4.78 is 0. The summed E-state index contributed by atoms with van der Waals surface area (Å²) in [5.41, 5.74) is 1.03. The fraction of sp³-hybridized carbons (Fsp3) is 0.391. The predicted molar refractivity (Wildman–Crippen MR) is 120 cm³/mol. The van der Waals surface area contributed by atoms with Gasteiger partial charge in [-0.25, -0.2) is 0 Å². The number of carbonyl (C=O) groups is 2. The number of carbonyl (C=O) groups excluding carboxylic acids is 2. The zero-order valence-corrected chi connectivity index (χ0v) is 18.4. The maximum atomic E-state index is 13.3. The van der Waals surface area contributed by atoms with Gasteiger partial charge in [0.2, 0.25) is 0 Å². The number of nitrogens with zero attached hydrogens (tertiary/aromatic N) is 4. The molecule has 31 heavy (non-hydrogen) atoms. The van der Waals surface area contributed by atoms with E-state index in [0.29, 0.717) is 24.3 Å². The van der Waals surface area contributed by atoms with Gasteiger partial charge >= 0.3 is 0 Å². The highest BCUT2D eigenvalue weighted by atomic mass is 16.6. The monoisotopic (exact) mass is 424 g/mol. The van der Waals surface area contributed by atoms with Gasteiger partial charge in [0.05, 0.1) is 10.5 Å². The lowest BCUT2D eigenvalue weighted by atomic mass is 9.96. The van der Waals surface area contributed by atoms with Gasteiger partial charge in [0.15, 0.2) is 5.78 Å². The number of nitro benzene ring substituents is 1. The summed E-state index contributed by atoms with van der Waals surface area (Å²) in [6, 6.07) is 11.4. The first-order valence-corrected chi connectivity index (χ1v) is 10.3. The minimum Gasteiger partial charge on any atom is -0.372 e. The topological polar surface area (TPSA) is 87.0 Å². The molecule has 0 radical (unpaired) electrons. The average molecular weight is 425 g/mol. The molecule has 1 aliphatic rings. The Morgan fingerprint density at radius 2 is 1.74 bits per heavy atom. The molecule has 8 heteroatoms. The minimum absolute atomic E-state index is 0.149. The first-order valence-electron chi connectivity index (χ1n) is 10.3. The van der Waals surface area contributed by atoms with Crippen LogP contribution < -0.4 is 4.90 Å². The van der Waals surface area contributed by atoms with E-state index in [0.717, 1.165) is 12.8 Å². The summed E-state index contributed by atoms with van der Waals surface area (Å²) in [5.74, 6) is -0.589. The number of likely N-dealkylation sites (N-methyl/N-ethyl adjacent to an activating group) is 1. The molecule has 1 unspecified atom stereocenters. The number of anilines is 1. The van der Waals surface area contributed by atoms with Crippen molar-refractivity contribution in [1.29, 1.82) is 0 Å². The summed E-state index contributed by atoms with van der Waals surface area (Å²) in [6.07, 6.45) is 1.93. The number of likely N-dealkylation sites (tertiary alicyclic amines) is 1. The highest BCUT2D eigenvalue weighted by Gasteiger charge is 2.28. The number of benzene rings is 2. The second-order valence-corrected chi connectivity index (χ2v) is 8.24. The normalized spacial score (nSPS) is 16.3. The predicted octanol–water partition coefficient (Wildman–Crippen LogP) is 3.06. The smallest absolute Gasteiger partial charge is 0.293 e. The Morgan fingerprint density at radius 1 is 1.06 bits per heavy atom. The molecule has 0 spiro atoms. The maximum Gasteiger partial charge on any atom is 0.293 e. The summed E-state index contributed by atoms with van der Waals surface area (Å²) in [6.45, 7) is 1.26. The molecule has 0 N–H and O–H groups in total. The molecule has 1 heterocycles. The molecule has 2 aromatic rings. The van der Waals surface area contributed by atoms with Crippen molar-refractivity contribution in [2.45, 2.75) is 18.9 Å². The van der Waals surface area contributed by atoms with E-state index in [1.54, 1.807) is 60.3 Å². The van der Waals surface area contributed by atoms with Gasteiger partial charge in [-0.3, -0.25) is 19.7 Å². The fourth-order valence-electron chi connectivity index (χ4n) is 3.94. The van der Waals surface area contributed by atoms with Crippen molar-refractivity contribution >= 4 is 23.1 Å². The molecule has 0 aliphatic carbocycles. The van der Waals surface area contributed by atoms with Crippen LogP contribution in [-0.2, 0) is 0 Å². The van der Waals surface area contributed by atoms with Crippen LogP contribution in [0.25, 0.3) is 0 Å². The standard InChI is InChI=1S/C23H28N4O4/c1-24(2)17-8-7-13-26(15-17)23(29)19-10-6-5-9-18(19)22(28)16-11-12-20(25(3)4)21(14-16)27(30)31/h5-6,9-12,14,17H,7-8,13,15H2,1-4H3. The van der Waals surface area contributed by atoms with Crippen LogP contribution >= 0.6 is 0 Å². The lowest BCUT2D eigenvalue weighted by Gasteiger charge is -2.36. The van der Waals surface area contributed by atoms with Gasteiger partial charge in [0.25, 0.3) is 11.6 Å². The Balaban J connectivity index is 1.95. The van der Waals surface area contributed by atoms with Crippen LogP contribution in [0.4, 0.5) is 11.4 Å². The van der Waals surface area contributed by atoms with Gasteiger partial charge in [-0.1, -0.05) is 18.2 Å². The summed E-state index contributed by atoms with van der Waals surface area (Å²) in [7, 11) is 7.41. The highest BCUT2D eigenvalue weighted by molar-refractivity contribution is 6.15. The van der Waals surface area contributed by atoms with Crippen molar-refractivity contribution in [2.75, 3.05) is 46.2 Å². The Bertz CT molecular complexity index is 1000. The fourth-order valence-corrected chi connectivity index (χ4v) is 3.94. The van der Waals surface area contributed by atoms with E-state index in [4.69, 9.17) is 0 Å². The van der Waals surface area contributed by atoms with Crippen molar-refractivity contribution < 1.29 is 14.5 Å². The maximum absolute atomic E-state index is 13.3. The molecule has 2 aromatic carbocycles. The molecule has 0 bridgehead atoms. The minimum atomic E-state index is -0.502. The summed E-state index contributed by atoms with van der Waals surface area (Å²) in [4.78, 5) is 43.1. The first kappa shape index (κ1) is 22.4. The SMILES string of the molecule is CN(C)c1ccc(C(=O)c2ccccc2C(=O)N2CCCC(N(C)C)C2)cc1[N+](=O)[O-]. The van der Waals surface area contributed by atoms with Crippen LogP contribution in [0.2, 0.25) is 0 Å². The molecule has 3 rings (SSSR count). The van der Waals surface area contributed by atoms with Crippen molar-refractivity contribution in [3.63, 3.8) is 0 Å². The number of hydrogen-bond donors (Lipinski definition) is 0. The van der Waals surface area contributed by atoms with E-state index >= 15 is 0 Å². The third kappa shape index (κ3) is 4.74. The van der Waals surface area contributed by atoms with E-state index in [1.165, 1.54) is 6.07 Å². The summed E-state index contributed by atoms with van der Waals surface area (Å²) >= 11 is 0. The molecule has 1 amide bonds. The Kier molecular flexibility index (Phi) is 6.70. The van der Waals surface area contributed by atoms with Gasteiger partial charge in [-0.15, -0.1) is 0 Å². The van der Waals surface area contributed by atoms with E-state index in [2.05, 4.69) is 4.90 Å². The second kappa shape index (κ2) is 9.26. The molecule has 1 fully saturated rings. The molecular formula is C23H28N4O4. The van der Waals surface area contributed by atoms with Gasteiger partial charge in [-0.2, -0.15) is 0 Å². The van der Waals surface area contributed by atoms with Crippen LogP contribution in [0.1, 0.15) is 39.1 Å². The number of rotatable bonds is 6. The average Bonchev–Trinajstić information content (AvgIpc) is 2.77. The largest absolute Gasteiger partial charge is 0.372 e. The Hall–Kier alpha value is -3.26. The van der Waals surface area contributed by atoms with E-state index < -0.39 is 10.7 Å². The van der Waals surface area contributed by atoms with Crippen molar-refractivity contribution in [2.24, 2.45) is 0 Å². The van der Waals surface area contributed by atoms with Crippen LogP contribution in [-0.4, -0.2) is 73.7 Å². The van der Waals surface area contributed by atoms with Gasteiger partial charge in [0.1, 0.15) is 5.69 Å². The van der Waals surface area contributed by atoms with Gasteiger partial charge in [0, 0.05) is 50.4 Å². The Morgan fingerprint density at radius 3 is 2.35 bits per heavy atom. The molecular weight excluding hydrogens is 396 g/mol. The first-order chi connectivity index (χ1) is 14.7. The number of piperidine rings is 1. The summed E-state index contributed by atoms with van der Waals surface area (Å²) in [5, 5.41) is 11.5. The van der Waals surface area contributed by atoms with Crippen LogP contribution in [0, 0.1) is 10.1 Å². The zero-order chi connectivity index (χ0) is 22.7. The molecule has 1 atom stereocenters. The number of amides is 1. The second-order valence-electron chi connectivity index (χ2n) is 8.24. The lowest BCUT2D eigenvalue weighted by Crippen LogP contribution is -2.47.